The summed E-state index contributed by atoms with van der Waals surface area (Å²) in [4.78, 5) is 17.3. The molecule has 5 heteroatoms. The van der Waals surface area contributed by atoms with Crippen LogP contribution in [-0.4, -0.2) is 37.0 Å². The van der Waals surface area contributed by atoms with Gasteiger partial charge in [0.2, 0.25) is 5.91 Å². The van der Waals surface area contributed by atoms with E-state index in [4.69, 9.17) is 4.74 Å². The third-order valence-electron chi connectivity index (χ3n) is 5.42. The normalized spacial score (nSPS) is 15.5. The van der Waals surface area contributed by atoms with Gasteiger partial charge in [-0.1, -0.05) is 26.0 Å². The fourth-order valence-corrected chi connectivity index (χ4v) is 3.97. The first-order chi connectivity index (χ1) is 14.0. The van der Waals surface area contributed by atoms with Gasteiger partial charge in [-0.05, 0) is 60.7 Å². The van der Waals surface area contributed by atoms with E-state index in [-0.39, 0.29) is 17.8 Å². The van der Waals surface area contributed by atoms with Crippen LogP contribution in [0.1, 0.15) is 38.7 Å². The molecule has 2 aromatic rings. The summed E-state index contributed by atoms with van der Waals surface area (Å²) in [5, 5.41) is 0. The lowest BCUT2D eigenvalue weighted by molar-refractivity contribution is -0.120. The number of carbonyl (C=O) groups is 1. The molecule has 1 aliphatic rings. The molecule has 0 N–H and O–H groups in total. The molecule has 3 rings (SSSR count). The zero-order chi connectivity index (χ0) is 20.8. The largest absolute Gasteiger partial charge is 0.497 e. The molecule has 0 aromatic heterocycles. The first kappa shape index (κ1) is 21.3. The van der Waals surface area contributed by atoms with Crippen LogP contribution in [-0.2, 0) is 11.3 Å². The van der Waals surface area contributed by atoms with Crippen LogP contribution < -0.4 is 9.64 Å². The van der Waals surface area contributed by atoms with E-state index in [0.717, 1.165) is 43.9 Å². The third kappa shape index (κ3) is 5.80. The first-order valence-corrected chi connectivity index (χ1v) is 10.4. The molecule has 0 unspecified atom stereocenters. The number of carbonyl (C=O) groups excluding carboxylic acids is 1. The number of anilines is 1. The van der Waals surface area contributed by atoms with Crippen molar-refractivity contribution in [2.24, 2.45) is 5.92 Å². The van der Waals surface area contributed by atoms with E-state index in [0.29, 0.717) is 12.3 Å². The van der Waals surface area contributed by atoms with Crippen LogP contribution in [0.2, 0.25) is 0 Å². The predicted octanol–water partition coefficient (Wildman–Crippen LogP) is 4.88. The molecule has 0 spiro atoms. The third-order valence-corrected chi connectivity index (χ3v) is 5.42. The molecule has 0 aliphatic carbocycles. The Bertz CT molecular complexity index is 799. The standard InChI is InChI=1S/C24H31FN2O2/c1-18(2)15-24(28)27(21-9-7-20(25)8-10-21)22-11-13-26(14-12-22)17-19-5-4-6-23(16-19)29-3/h4-10,16,18,22H,11-15,17H2,1-3H3. The van der Waals surface area contributed by atoms with Crippen LogP contribution >= 0.6 is 0 Å². The lowest BCUT2D eigenvalue weighted by Gasteiger charge is -2.39. The average molecular weight is 399 g/mol. The Kier molecular flexibility index (Phi) is 7.26. The second-order valence-corrected chi connectivity index (χ2v) is 8.20. The van der Waals surface area contributed by atoms with E-state index in [1.807, 2.05) is 17.0 Å². The number of methoxy groups -OCH3 is 1. The zero-order valence-corrected chi connectivity index (χ0v) is 17.6. The molecule has 1 heterocycles. The number of nitrogens with zero attached hydrogens (tertiary/aromatic N) is 2. The van der Waals surface area contributed by atoms with E-state index in [1.54, 1.807) is 19.2 Å². The van der Waals surface area contributed by atoms with E-state index >= 15 is 0 Å². The molecule has 0 saturated carbocycles. The lowest BCUT2D eigenvalue weighted by atomic mass is 9.99. The summed E-state index contributed by atoms with van der Waals surface area (Å²) >= 11 is 0. The molecule has 1 amide bonds. The van der Waals surface area contributed by atoms with Crippen molar-refractivity contribution in [2.75, 3.05) is 25.1 Å². The molecular weight excluding hydrogens is 367 g/mol. The Morgan fingerprint density at radius 2 is 1.86 bits per heavy atom. The van der Waals surface area contributed by atoms with Crippen LogP contribution in [0, 0.1) is 11.7 Å². The number of hydrogen-bond donors (Lipinski definition) is 0. The van der Waals surface area contributed by atoms with Crippen molar-refractivity contribution in [3.63, 3.8) is 0 Å². The highest BCUT2D eigenvalue weighted by Crippen LogP contribution is 2.27. The Morgan fingerprint density at radius 3 is 2.48 bits per heavy atom. The summed E-state index contributed by atoms with van der Waals surface area (Å²) in [6, 6.07) is 14.6. The number of amides is 1. The van der Waals surface area contributed by atoms with Crippen LogP contribution in [0.25, 0.3) is 0 Å². The number of halogens is 1. The number of hydrogen-bond acceptors (Lipinski definition) is 3. The minimum atomic E-state index is -0.280. The van der Waals surface area contributed by atoms with E-state index in [1.165, 1.54) is 17.7 Å². The minimum absolute atomic E-state index is 0.123. The quantitative estimate of drug-likeness (QED) is 0.667. The second kappa shape index (κ2) is 9.88. The molecule has 0 atom stereocenters. The Labute approximate surface area is 173 Å². The average Bonchev–Trinajstić information content (AvgIpc) is 2.70. The fraction of sp³-hybridized carbons (Fsp3) is 0.458. The predicted molar refractivity (Wildman–Crippen MR) is 115 cm³/mol. The van der Waals surface area contributed by atoms with E-state index in [2.05, 4.69) is 30.9 Å². The van der Waals surface area contributed by atoms with Crippen molar-refractivity contribution in [3.8, 4) is 5.75 Å². The molecule has 0 radical (unpaired) electrons. The highest BCUT2D eigenvalue weighted by molar-refractivity contribution is 5.94. The van der Waals surface area contributed by atoms with Crippen molar-refractivity contribution < 1.29 is 13.9 Å². The van der Waals surface area contributed by atoms with Gasteiger partial charge >= 0.3 is 0 Å². The monoisotopic (exact) mass is 398 g/mol. The van der Waals surface area contributed by atoms with Crippen molar-refractivity contribution >= 4 is 11.6 Å². The molecular formula is C24H31FN2O2. The molecule has 1 saturated heterocycles. The molecule has 1 aliphatic heterocycles. The van der Waals surface area contributed by atoms with Gasteiger partial charge in [-0.2, -0.15) is 0 Å². The van der Waals surface area contributed by atoms with Crippen LogP contribution in [0.4, 0.5) is 10.1 Å². The SMILES string of the molecule is COc1cccc(CN2CCC(N(C(=O)CC(C)C)c3ccc(F)cc3)CC2)c1. The number of likely N-dealkylation sites (tertiary alicyclic amines) is 1. The number of benzene rings is 2. The number of piperidine rings is 1. The maximum Gasteiger partial charge on any atom is 0.227 e. The van der Waals surface area contributed by atoms with Gasteiger partial charge < -0.3 is 9.64 Å². The Balaban J connectivity index is 1.67. The van der Waals surface area contributed by atoms with Crippen LogP contribution in [0.15, 0.2) is 48.5 Å². The van der Waals surface area contributed by atoms with Crippen molar-refractivity contribution in [2.45, 2.75) is 45.7 Å². The minimum Gasteiger partial charge on any atom is -0.497 e. The lowest BCUT2D eigenvalue weighted by Crippen LogP contribution is -2.47. The van der Waals surface area contributed by atoms with E-state index < -0.39 is 0 Å². The highest BCUT2D eigenvalue weighted by atomic mass is 19.1. The zero-order valence-electron chi connectivity index (χ0n) is 17.6. The maximum atomic E-state index is 13.4. The number of rotatable bonds is 7. The number of ether oxygens (including phenoxy) is 1. The van der Waals surface area contributed by atoms with Crippen molar-refractivity contribution in [1.29, 1.82) is 0 Å². The molecule has 1 fully saturated rings. The van der Waals surface area contributed by atoms with Gasteiger partial charge in [0.1, 0.15) is 11.6 Å². The molecule has 2 aromatic carbocycles. The fourth-order valence-electron chi connectivity index (χ4n) is 3.97. The summed E-state index contributed by atoms with van der Waals surface area (Å²) in [5.41, 5.74) is 2.03. The van der Waals surface area contributed by atoms with Crippen LogP contribution in [0.3, 0.4) is 0 Å². The van der Waals surface area contributed by atoms with Gasteiger partial charge in [0.05, 0.1) is 7.11 Å². The first-order valence-electron chi connectivity index (χ1n) is 10.4. The van der Waals surface area contributed by atoms with Crippen LogP contribution in [0.5, 0.6) is 5.75 Å². The summed E-state index contributed by atoms with van der Waals surface area (Å²) in [6.45, 7) is 6.83. The van der Waals surface area contributed by atoms with Gasteiger partial charge in [0, 0.05) is 37.8 Å². The molecule has 4 nitrogen and oxygen atoms in total. The Morgan fingerprint density at radius 1 is 1.17 bits per heavy atom. The molecule has 0 bridgehead atoms. The Hall–Kier alpha value is -2.40. The van der Waals surface area contributed by atoms with Crippen molar-refractivity contribution in [3.05, 3.63) is 59.9 Å². The second-order valence-electron chi connectivity index (χ2n) is 8.20. The molecule has 29 heavy (non-hydrogen) atoms. The van der Waals surface area contributed by atoms with Gasteiger partial charge in [-0.15, -0.1) is 0 Å². The van der Waals surface area contributed by atoms with Gasteiger partial charge in [-0.3, -0.25) is 9.69 Å². The van der Waals surface area contributed by atoms with Gasteiger partial charge in [0.15, 0.2) is 0 Å². The van der Waals surface area contributed by atoms with Gasteiger partial charge in [-0.25, -0.2) is 4.39 Å². The summed E-state index contributed by atoms with van der Waals surface area (Å²) in [7, 11) is 1.68. The summed E-state index contributed by atoms with van der Waals surface area (Å²) < 4.78 is 18.7. The van der Waals surface area contributed by atoms with Gasteiger partial charge in [0.25, 0.3) is 0 Å². The van der Waals surface area contributed by atoms with Crippen molar-refractivity contribution in [1.82, 2.24) is 4.90 Å². The highest BCUT2D eigenvalue weighted by Gasteiger charge is 2.29. The summed E-state index contributed by atoms with van der Waals surface area (Å²) in [5.74, 6) is 1.01. The molecule has 156 valence electrons. The summed E-state index contributed by atoms with van der Waals surface area (Å²) in [6.07, 6.45) is 2.32. The topological polar surface area (TPSA) is 32.8 Å². The smallest absolute Gasteiger partial charge is 0.227 e. The maximum absolute atomic E-state index is 13.4. The van der Waals surface area contributed by atoms with E-state index in [9.17, 15) is 9.18 Å².